The molecule has 2 aliphatic rings. The fourth-order valence-corrected chi connectivity index (χ4v) is 5.75. The summed E-state index contributed by atoms with van der Waals surface area (Å²) >= 11 is 6.62. The minimum atomic E-state index is -4.77. The number of carbonyl (C=O) groups is 1. The van der Waals surface area contributed by atoms with Gasteiger partial charge < -0.3 is 28.4 Å². The van der Waals surface area contributed by atoms with Crippen LogP contribution in [0.2, 0.25) is 5.02 Å². The third kappa shape index (κ3) is 7.95. The van der Waals surface area contributed by atoms with Gasteiger partial charge in [-0.25, -0.2) is 0 Å². The van der Waals surface area contributed by atoms with Crippen molar-refractivity contribution in [3.05, 3.63) is 64.2 Å². The van der Waals surface area contributed by atoms with Crippen molar-refractivity contribution in [1.29, 1.82) is 0 Å². The number of alkyl halides is 3. The number of hydrogen-bond donors (Lipinski definition) is 0. The average Bonchev–Trinajstić information content (AvgIpc) is 3.35. The summed E-state index contributed by atoms with van der Waals surface area (Å²) in [4.78, 5) is 12.8. The molecule has 0 aliphatic carbocycles. The Labute approximate surface area is 262 Å². The van der Waals surface area contributed by atoms with Crippen LogP contribution in [-0.4, -0.2) is 63.0 Å². The summed E-state index contributed by atoms with van der Waals surface area (Å²) in [5, 5.41) is 0.455. The maximum absolute atomic E-state index is 12.8. The number of fused-ring (bicyclic) bond motifs is 2. The molecule has 11 heteroatoms. The topological polar surface area (TPSA) is 72.5 Å². The van der Waals surface area contributed by atoms with Crippen molar-refractivity contribution in [3.8, 4) is 5.75 Å². The number of aldehydes is 1. The third-order valence-electron chi connectivity index (χ3n) is 7.90. The molecule has 2 saturated heterocycles. The van der Waals surface area contributed by atoms with Gasteiger partial charge >= 0.3 is 6.36 Å². The minimum absolute atomic E-state index is 0.0484. The molecule has 2 aliphatic heterocycles. The maximum Gasteiger partial charge on any atom is 0.573 e. The SMILES string of the molecule is CCCCO[C@@H]1[C@@H](OCCCC)[C@@]2(c3ccc(Cl)c(Cc4ccc(OC(F)(F)F)cc4)c3)OC[C@](C=O)(O2)[C@H]1OCCCC. The summed E-state index contributed by atoms with van der Waals surface area (Å²) < 4.78 is 74.3. The second kappa shape index (κ2) is 15.4. The molecule has 244 valence electrons. The minimum Gasteiger partial charge on any atom is -0.406 e. The first kappa shape index (κ1) is 34.7. The van der Waals surface area contributed by atoms with E-state index in [2.05, 4.69) is 25.5 Å². The normalized spacial score (nSPS) is 26.6. The Morgan fingerprint density at radius 1 is 0.909 bits per heavy atom. The summed E-state index contributed by atoms with van der Waals surface area (Å²) in [6, 6.07) is 11.0. The van der Waals surface area contributed by atoms with Crippen molar-refractivity contribution in [1.82, 2.24) is 0 Å². The molecule has 0 unspecified atom stereocenters. The molecular weight excluding hydrogens is 601 g/mol. The number of hydrogen-bond acceptors (Lipinski definition) is 7. The zero-order valence-electron chi connectivity index (χ0n) is 25.5. The van der Waals surface area contributed by atoms with Crippen molar-refractivity contribution >= 4 is 17.9 Å². The van der Waals surface area contributed by atoms with Gasteiger partial charge in [-0.2, -0.15) is 0 Å². The van der Waals surface area contributed by atoms with E-state index in [0.717, 1.165) is 50.4 Å². The largest absolute Gasteiger partial charge is 0.573 e. The first-order valence-corrected chi connectivity index (χ1v) is 15.8. The van der Waals surface area contributed by atoms with Crippen LogP contribution in [0.4, 0.5) is 13.2 Å². The van der Waals surface area contributed by atoms with Crippen molar-refractivity contribution in [3.63, 3.8) is 0 Å². The molecule has 2 fully saturated rings. The van der Waals surface area contributed by atoms with Gasteiger partial charge in [-0.15, -0.1) is 13.2 Å². The number of rotatable bonds is 17. The van der Waals surface area contributed by atoms with Crippen LogP contribution in [0.15, 0.2) is 42.5 Å². The van der Waals surface area contributed by atoms with E-state index in [-0.39, 0.29) is 12.4 Å². The molecule has 2 aromatic carbocycles. The Morgan fingerprint density at radius 2 is 1.52 bits per heavy atom. The molecule has 4 rings (SSSR count). The van der Waals surface area contributed by atoms with Gasteiger partial charge in [0.05, 0.1) is 6.61 Å². The van der Waals surface area contributed by atoms with E-state index in [9.17, 15) is 18.0 Å². The molecule has 44 heavy (non-hydrogen) atoms. The molecule has 2 heterocycles. The summed E-state index contributed by atoms with van der Waals surface area (Å²) in [5.41, 5.74) is 0.589. The highest BCUT2D eigenvalue weighted by molar-refractivity contribution is 6.31. The number of unbranched alkanes of at least 4 members (excludes halogenated alkanes) is 3. The molecule has 7 nitrogen and oxygen atoms in total. The molecule has 5 atom stereocenters. The smallest absolute Gasteiger partial charge is 0.406 e. The highest BCUT2D eigenvalue weighted by atomic mass is 35.5. The Balaban J connectivity index is 1.71. The van der Waals surface area contributed by atoms with Crippen molar-refractivity contribution in [2.24, 2.45) is 0 Å². The van der Waals surface area contributed by atoms with E-state index in [1.807, 2.05) is 6.07 Å². The molecule has 0 amide bonds. The van der Waals surface area contributed by atoms with Crippen LogP contribution in [0.1, 0.15) is 76.0 Å². The predicted molar refractivity (Wildman–Crippen MR) is 159 cm³/mol. The van der Waals surface area contributed by atoms with E-state index in [4.69, 9.17) is 35.3 Å². The second-order valence-electron chi connectivity index (χ2n) is 11.3. The van der Waals surface area contributed by atoms with E-state index in [1.165, 1.54) is 12.1 Å². The lowest BCUT2D eigenvalue weighted by atomic mass is 9.83. The lowest BCUT2D eigenvalue weighted by Crippen LogP contribution is -2.67. The average molecular weight is 643 g/mol. The quantitative estimate of drug-likeness (QED) is 0.130. The predicted octanol–water partition coefficient (Wildman–Crippen LogP) is 7.54. The van der Waals surface area contributed by atoms with Gasteiger partial charge in [0.25, 0.3) is 0 Å². The fraction of sp³-hybridized carbons (Fsp3) is 0.606. The van der Waals surface area contributed by atoms with Crippen LogP contribution >= 0.6 is 11.6 Å². The van der Waals surface area contributed by atoms with E-state index >= 15 is 0 Å². The molecular formula is C33H42ClF3O7. The Hall–Kier alpha value is -2.21. The van der Waals surface area contributed by atoms with E-state index in [0.29, 0.717) is 42.4 Å². The first-order valence-electron chi connectivity index (χ1n) is 15.4. The van der Waals surface area contributed by atoms with Crippen molar-refractivity contribution < 1.29 is 46.4 Å². The summed E-state index contributed by atoms with van der Waals surface area (Å²) in [5.74, 6) is -1.79. The highest BCUT2D eigenvalue weighted by Gasteiger charge is 2.69. The lowest BCUT2D eigenvalue weighted by molar-refractivity contribution is -0.337. The Kier molecular flexibility index (Phi) is 12.1. The first-order chi connectivity index (χ1) is 21.1. The number of ether oxygens (including phenoxy) is 6. The van der Waals surface area contributed by atoms with Crippen molar-refractivity contribution in [2.45, 2.75) is 102 Å². The monoisotopic (exact) mass is 642 g/mol. The van der Waals surface area contributed by atoms with Crippen LogP contribution in [0.5, 0.6) is 5.75 Å². The van der Waals surface area contributed by atoms with E-state index < -0.39 is 36.1 Å². The van der Waals surface area contributed by atoms with Crippen LogP contribution in [0, 0.1) is 0 Å². The van der Waals surface area contributed by atoms with Crippen molar-refractivity contribution in [2.75, 3.05) is 26.4 Å². The van der Waals surface area contributed by atoms with Gasteiger partial charge in [0.2, 0.25) is 5.79 Å². The van der Waals surface area contributed by atoms with Crippen LogP contribution in [-0.2, 0) is 40.7 Å². The molecule has 2 bridgehead atoms. The van der Waals surface area contributed by atoms with Gasteiger partial charge in [0.1, 0.15) is 24.1 Å². The molecule has 0 radical (unpaired) electrons. The maximum atomic E-state index is 12.8. The second-order valence-corrected chi connectivity index (χ2v) is 11.7. The molecule has 0 N–H and O–H groups in total. The molecule has 0 saturated carbocycles. The Morgan fingerprint density at radius 3 is 2.11 bits per heavy atom. The zero-order valence-corrected chi connectivity index (χ0v) is 26.3. The standard InChI is InChI=1S/C33H42ClF3O7/c1-4-7-16-39-28-29(40-17-8-5-2)31(21-38)22-42-32(44-31,30(28)41-18-9-6-3)25-12-15-27(34)24(20-25)19-23-10-13-26(14-11-23)43-33(35,36)37/h10-15,20-21,28-30H,4-9,16-19,22H2,1-3H3/t28-,29-,30+,31-,32-/m0/s1. The van der Waals surface area contributed by atoms with Gasteiger partial charge in [0, 0.05) is 30.4 Å². The molecule has 0 spiro atoms. The highest BCUT2D eigenvalue weighted by Crippen LogP contribution is 2.52. The number of halogens is 4. The van der Waals surface area contributed by atoms with Gasteiger partial charge in [-0.1, -0.05) is 69.8 Å². The van der Waals surface area contributed by atoms with E-state index in [1.54, 1.807) is 24.3 Å². The molecule has 2 aromatic rings. The lowest BCUT2D eigenvalue weighted by Gasteiger charge is -2.49. The Bertz CT molecular complexity index is 1210. The van der Waals surface area contributed by atoms with Crippen LogP contribution in [0.25, 0.3) is 0 Å². The zero-order chi connectivity index (χ0) is 31.8. The summed E-state index contributed by atoms with van der Waals surface area (Å²) in [6.45, 7) is 7.46. The third-order valence-corrected chi connectivity index (χ3v) is 8.27. The number of benzene rings is 2. The van der Waals surface area contributed by atoms with Crippen LogP contribution in [0.3, 0.4) is 0 Å². The number of carbonyl (C=O) groups excluding carboxylic acids is 1. The van der Waals surface area contributed by atoms with Gasteiger partial charge in [0.15, 0.2) is 11.9 Å². The fourth-order valence-electron chi connectivity index (χ4n) is 5.57. The summed E-state index contributed by atoms with van der Waals surface area (Å²) in [7, 11) is 0. The van der Waals surface area contributed by atoms with Crippen LogP contribution < -0.4 is 4.74 Å². The van der Waals surface area contributed by atoms with Gasteiger partial charge in [-0.05, 0) is 61.1 Å². The summed E-state index contributed by atoms with van der Waals surface area (Å²) in [6.07, 6.45) is -0.673. The molecule has 0 aromatic heterocycles. The van der Waals surface area contributed by atoms with Gasteiger partial charge in [-0.3, -0.25) is 4.79 Å².